The van der Waals surface area contributed by atoms with Gasteiger partial charge in [0.15, 0.2) is 11.2 Å². The van der Waals surface area contributed by atoms with Crippen molar-refractivity contribution in [3.63, 3.8) is 0 Å². The highest BCUT2D eigenvalue weighted by Gasteiger charge is 2.17. The zero-order valence-electron chi connectivity index (χ0n) is 30.8. The molecule has 2 heterocycles. The van der Waals surface area contributed by atoms with Crippen molar-refractivity contribution >= 4 is 11.2 Å². The van der Waals surface area contributed by atoms with Crippen LogP contribution < -0.4 is 11.2 Å². The van der Waals surface area contributed by atoms with Gasteiger partial charge in [0.2, 0.25) is 0 Å². The average molecular weight is 347 g/mol. The van der Waals surface area contributed by atoms with Crippen LogP contribution in [-0.2, 0) is 20.0 Å². The molecule has 0 bridgehead atoms. The predicted octanol–water partition coefficient (Wildman–Crippen LogP) is 2.23. The number of aromatic nitrogens is 4. The van der Waals surface area contributed by atoms with Crippen LogP contribution in [0.15, 0.2) is 15.9 Å². The first kappa shape index (κ1) is 5.04. The first-order valence-electron chi connectivity index (χ1n) is 15.7. The van der Waals surface area contributed by atoms with E-state index in [-0.39, 0.29) is 4.57 Å². The lowest BCUT2D eigenvalue weighted by atomic mass is 10.0. The summed E-state index contributed by atoms with van der Waals surface area (Å²) in [6, 6.07) is 0. The van der Waals surface area contributed by atoms with Crippen LogP contribution in [0.5, 0.6) is 0 Å². The Bertz CT molecular complexity index is 1460. The summed E-state index contributed by atoms with van der Waals surface area (Å²) in [5.74, 6) is 0. The largest absolute Gasteiger partial charge is 0.332 e. The number of hydrogen-bond acceptors (Lipinski definition) is 3. The van der Waals surface area contributed by atoms with Crippen LogP contribution >= 0.6 is 0 Å². The van der Waals surface area contributed by atoms with E-state index in [1.54, 1.807) is 0 Å². The minimum Gasteiger partial charge on any atom is -0.325 e. The molecule has 0 aliphatic heterocycles. The van der Waals surface area contributed by atoms with Crippen molar-refractivity contribution in [1.82, 2.24) is 18.7 Å². The molecule has 1 atom stereocenters. The van der Waals surface area contributed by atoms with E-state index in [1.807, 2.05) is 0 Å². The van der Waals surface area contributed by atoms with Crippen LogP contribution in [0.2, 0.25) is 0 Å². The maximum Gasteiger partial charge on any atom is 0.332 e. The summed E-state index contributed by atoms with van der Waals surface area (Å²) >= 11 is 0. The Labute approximate surface area is 161 Å². The molecule has 2 aromatic heterocycles. The van der Waals surface area contributed by atoms with Gasteiger partial charge in [-0.25, -0.2) is 14.2 Å². The van der Waals surface area contributed by atoms with E-state index in [0.717, 1.165) is 0 Å². The SMILES string of the molecule is [2H]C([2H])([2H])n1c(=O)n(C([2H])([2H])C([2H])([2H])C([2H])([2H])C([2H])([2H])C(F)(C([2H])([2H])[2H])C([3H])([3H])[3H])c(=O)c2c1ncn2C([2H])([2H])CC. The monoisotopic (exact) mass is 346 g/mol. The Morgan fingerprint density at radius 1 is 1.48 bits per heavy atom. The zero-order chi connectivity index (χ0) is 33.7. The van der Waals surface area contributed by atoms with Crippen molar-refractivity contribution < 1.29 is 30.4 Å². The van der Waals surface area contributed by atoms with Gasteiger partial charge in [0, 0.05) is 43.3 Å². The summed E-state index contributed by atoms with van der Waals surface area (Å²) in [6.45, 7) is -18.5. The third-order valence-electron chi connectivity index (χ3n) is 2.54. The molecule has 7 heteroatoms. The highest BCUT2D eigenvalue weighted by atomic mass is 19.1. The lowest BCUT2D eigenvalue weighted by molar-refractivity contribution is 0.195. The predicted molar refractivity (Wildman–Crippen MR) is 88.6 cm³/mol. The van der Waals surface area contributed by atoms with E-state index in [1.165, 1.54) is 6.92 Å². The second-order valence-electron chi connectivity index (χ2n) is 4.20. The average Bonchev–Trinajstić information content (AvgIpc) is 3.21. The maximum atomic E-state index is 15.9. The van der Waals surface area contributed by atoms with Gasteiger partial charge in [-0.05, 0) is 39.2 Å². The molecule has 0 N–H and O–H groups in total. The van der Waals surface area contributed by atoms with Gasteiger partial charge in [-0.15, -0.1) is 0 Å². The molecule has 0 aliphatic carbocycles. The Balaban J connectivity index is 3.15. The molecule has 128 valence electrons. The number of hydrogen-bond donors (Lipinski definition) is 0. The molecule has 0 amide bonds. The molecular formula is C16H25FN4O2. The van der Waals surface area contributed by atoms with Crippen LogP contribution in [0.4, 0.5) is 4.39 Å². The van der Waals surface area contributed by atoms with Gasteiger partial charge in [0.05, 0.1) is 9.07 Å². The standard InChI is InChI=1S/C16H25FN4O2/c1-5-9-20-11-18-13-12(20)14(22)21(15(23)19(13)4)10-7-6-8-16(2,3)17/h11H,5-10H2,1-4H3/i2D3,3T3,4D3,6D2,7D2,8D2,9D2,10D2. The fourth-order valence-corrected chi connectivity index (χ4v) is 1.67. The highest BCUT2D eigenvalue weighted by Crippen LogP contribution is 2.17. The van der Waals surface area contributed by atoms with Gasteiger partial charge in [-0.1, -0.05) is 6.92 Å². The third-order valence-corrected chi connectivity index (χ3v) is 2.54. The van der Waals surface area contributed by atoms with Gasteiger partial charge < -0.3 is 4.57 Å². The van der Waals surface area contributed by atoms with E-state index in [4.69, 9.17) is 26.0 Å². The highest BCUT2D eigenvalue weighted by molar-refractivity contribution is 5.69. The fraction of sp³-hybridized carbons (Fsp3) is 0.688. The number of rotatable bonds is 7. The fourth-order valence-electron chi connectivity index (χ4n) is 1.67. The molecule has 23 heavy (non-hydrogen) atoms. The second-order valence-corrected chi connectivity index (χ2v) is 4.20. The minimum absolute atomic E-state index is 0.311. The lowest BCUT2D eigenvalue weighted by Gasteiger charge is -2.14. The van der Waals surface area contributed by atoms with E-state index in [2.05, 4.69) is 4.98 Å². The Hall–Kier alpha value is -1.92. The number of alkyl halides is 1. The minimum atomic E-state index is -5.20. The summed E-state index contributed by atoms with van der Waals surface area (Å²) in [7, 11) is 0. The molecular weight excluding hydrogens is 299 g/mol. The summed E-state index contributed by atoms with van der Waals surface area (Å²) in [5, 5.41) is 0. The van der Waals surface area contributed by atoms with Gasteiger partial charge >= 0.3 is 5.69 Å². The van der Waals surface area contributed by atoms with Crippen molar-refractivity contribution in [3.8, 4) is 0 Å². The summed E-state index contributed by atoms with van der Waals surface area (Å²) < 4.78 is 163. The molecule has 0 aromatic carbocycles. The second kappa shape index (κ2) is 6.68. The molecule has 2 aromatic rings. The summed E-state index contributed by atoms with van der Waals surface area (Å²) in [6.07, 6.45) is -14.4. The molecule has 0 aliphatic rings. The molecule has 0 fully saturated rings. The van der Waals surface area contributed by atoms with E-state index in [0.29, 0.717) is 10.9 Å². The van der Waals surface area contributed by atoms with Gasteiger partial charge in [-0.3, -0.25) is 13.9 Å². The molecule has 0 radical (unpaired) electrons. The molecule has 6 nitrogen and oxygen atoms in total. The molecule has 0 spiro atoms. The van der Waals surface area contributed by atoms with Crippen LogP contribution in [0.3, 0.4) is 0 Å². The third kappa shape index (κ3) is 3.71. The van der Waals surface area contributed by atoms with Crippen molar-refractivity contribution in [2.75, 3.05) is 0 Å². The Morgan fingerprint density at radius 2 is 2.30 bits per heavy atom. The normalized spacial score (nSPS) is 31.3. The molecule has 1 unspecified atom stereocenters. The van der Waals surface area contributed by atoms with Gasteiger partial charge in [-0.2, -0.15) is 0 Å². The number of imidazole rings is 1. The smallest absolute Gasteiger partial charge is 0.325 e. The number of fused-ring (bicyclic) bond motifs is 1. The van der Waals surface area contributed by atoms with Crippen LogP contribution in [0, 0.1) is 0 Å². The lowest BCUT2D eigenvalue weighted by Crippen LogP contribution is -2.39. The van der Waals surface area contributed by atoms with Crippen molar-refractivity contribution in [2.45, 2.75) is 64.8 Å². The van der Waals surface area contributed by atoms with Crippen molar-refractivity contribution in [2.24, 2.45) is 6.98 Å². The molecule has 0 saturated carbocycles. The van der Waals surface area contributed by atoms with Crippen molar-refractivity contribution in [3.05, 3.63) is 27.2 Å². The van der Waals surface area contributed by atoms with E-state index >= 15 is 4.39 Å². The number of halogens is 1. The molecule has 2 rings (SSSR count). The topological polar surface area (TPSA) is 61.8 Å². The zero-order valence-corrected chi connectivity index (χ0v) is 11.8. The number of aryl methyl sites for hydroxylation is 2. The Kier molecular flexibility index (Phi) is 1.46. The number of nitrogens with zero attached hydrogens (tertiary/aromatic N) is 4. The molecule has 0 saturated heterocycles. The maximum absolute atomic E-state index is 15.9. The van der Waals surface area contributed by atoms with Crippen LogP contribution in [0.1, 0.15) is 72.2 Å². The van der Waals surface area contributed by atoms with Gasteiger partial charge in [0.25, 0.3) is 5.56 Å². The first-order chi connectivity index (χ1) is 18.2. The van der Waals surface area contributed by atoms with E-state index in [9.17, 15) is 9.59 Å². The van der Waals surface area contributed by atoms with Gasteiger partial charge in [0.1, 0.15) is 5.67 Å². The van der Waals surface area contributed by atoms with Crippen molar-refractivity contribution in [1.29, 1.82) is 0 Å². The van der Waals surface area contributed by atoms with E-state index < -0.39 is 91.9 Å². The van der Waals surface area contributed by atoms with Crippen LogP contribution in [-0.4, -0.2) is 24.4 Å². The van der Waals surface area contributed by atoms with Crippen LogP contribution in [0.25, 0.3) is 11.2 Å². The first-order valence-corrected chi connectivity index (χ1v) is 6.19. The summed E-state index contributed by atoms with van der Waals surface area (Å²) in [4.78, 5) is 30.4. The quantitative estimate of drug-likeness (QED) is 0.772. The Morgan fingerprint density at radius 3 is 2.96 bits per heavy atom. The summed E-state index contributed by atoms with van der Waals surface area (Å²) in [5.41, 5.74) is -11.5.